The highest BCUT2D eigenvalue weighted by Crippen LogP contribution is 2.63. The number of ketones is 1. The van der Waals surface area contributed by atoms with E-state index < -0.39 is 19.1 Å². The van der Waals surface area contributed by atoms with E-state index in [1.165, 1.54) is 10.4 Å². The van der Waals surface area contributed by atoms with E-state index in [2.05, 4.69) is 89.2 Å². The molecule has 3 aliphatic rings. The van der Waals surface area contributed by atoms with Gasteiger partial charge in [0.1, 0.15) is 5.78 Å². The molecule has 3 fully saturated rings. The second-order valence-corrected chi connectivity index (χ2v) is 17.5. The fraction of sp³-hybridized carbons (Fsp3) is 0.576. The van der Waals surface area contributed by atoms with Gasteiger partial charge in [-0.1, -0.05) is 95.3 Å². The molecule has 1 heterocycles. The summed E-state index contributed by atoms with van der Waals surface area (Å²) in [6, 6.07) is 24.0. The lowest BCUT2D eigenvalue weighted by atomic mass is 9.45. The average Bonchev–Trinajstić information content (AvgIpc) is 3.48. The van der Waals surface area contributed by atoms with Crippen LogP contribution in [0.3, 0.4) is 0 Å². The number of hydrogen-bond acceptors (Lipinski definition) is 5. The van der Waals surface area contributed by atoms with Gasteiger partial charge < -0.3 is 13.9 Å². The number of Topliss-reactive ketones (excluding diaryl/α,β-unsaturated/α-hetero) is 1. The van der Waals surface area contributed by atoms with Crippen LogP contribution >= 0.6 is 0 Å². The SMILES string of the molecule is C[C@@H]1CC[C@@]2(C#N)[C@@H](CO[Si](c3ccccc3)(c3ccccc3)C(C)(C)C)CC(=O)C[C@@H]2[C@@]1(C)C1OCCO1. The monoisotopic (exact) mass is 545 g/mol. The van der Waals surface area contributed by atoms with Crippen molar-refractivity contribution in [3.63, 3.8) is 0 Å². The van der Waals surface area contributed by atoms with E-state index in [4.69, 9.17) is 13.9 Å². The van der Waals surface area contributed by atoms with Gasteiger partial charge in [-0.3, -0.25) is 4.79 Å². The molecule has 5 atom stereocenters. The van der Waals surface area contributed by atoms with Crippen LogP contribution in [0.4, 0.5) is 0 Å². The molecule has 5 rings (SSSR count). The number of carbonyl (C=O) groups excluding carboxylic acids is 1. The summed E-state index contributed by atoms with van der Waals surface area (Å²) < 4.78 is 19.5. The summed E-state index contributed by atoms with van der Waals surface area (Å²) in [6.45, 7) is 12.7. The summed E-state index contributed by atoms with van der Waals surface area (Å²) >= 11 is 0. The second kappa shape index (κ2) is 10.6. The predicted octanol–water partition coefficient (Wildman–Crippen LogP) is 5.48. The molecular formula is C33H43NO4Si. The molecule has 0 spiro atoms. The van der Waals surface area contributed by atoms with Gasteiger partial charge in [-0.05, 0) is 40.1 Å². The Hall–Kier alpha value is -2.30. The van der Waals surface area contributed by atoms with E-state index in [-0.39, 0.29) is 34.9 Å². The Morgan fingerprint density at radius 2 is 1.56 bits per heavy atom. The second-order valence-electron chi connectivity index (χ2n) is 13.2. The standard InChI is InChI=1S/C33H43NO4Si/c1-24-16-17-33(23-34)25(20-26(35)21-29(33)32(24,5)30-36-18-19-37-30)22-38-39(31(2,3)4,27-12-8-6-9-13-27)28-14-10-7-11-15-28/h6-15,24-25,29-30H,16-22H2,1-5H3/t24-,25-,29-,32+,33-/m1/s1. The van der Waals surface area contributed by atoms with Gasteiger partial charge in [0, 0.05) is 30.8 Å². The fourth-order valence-electron chi connectivity index (χ4n) is 8.03. The number of rotatable bonds is 6. The van der Waals surface area contributed by atoms with Crippen LogP contribution in [0.5, 0.6) is 0 Å². The zero-order chi connectivity index (χ0) is 27.9. The Balaban J connectivity index is 1.57. The molecule has 0 unspecified atom stereocenters. The first-order chi connectivity index (χ1) is 18.6. The number of nitriles is 1. The number of carbonyl (C=O) groups is 1. The van der Waals surface area contributed by atoms with Crippen LogP contribution in [-0.2, 0) is 18.7 Å². The summed E-state index contributed by atoms with van der Waals surface area (Å²) in [5.74, 6) is 0.205. The van der Waals surface area contributed by atoms with Crippen molar-refractivity contribution in [1.82, 2.24) is 0 Å². The highest BCUT2D eigenvalue weighted by atomic mass is 28.4. The van der Waals surface area contributed by atoms with Gasteiger partial charge in [-0.15, -0.1) is 0 Å². The Bertz CT molecular complexity index is 1160. The van der Waals surface area contributed by atoms with Crippen LogP contribution in [0.2, 0.25) is 5.04 Å². The minimum atomic E-state index is -2.80. The van der Waals surface area contributed by atoms with Crippen molar-refractivity contribution in [2.24, 2.45) is 28.6 Å². The third-order valence-electron chi connectivity index (χ3n) is 10.3. The van der Waals surface area contributed by atoms with E-state index in [9.17, 15) is 10.1 Å². The summed E-state index contributed by atoms with van der Waals surface area (Å²) in [5, 5.41) is 13.2. The molecule has 6 heteroatoms. The topological polar surface area (TPSA) is 68.5 Å². The van der Waals surface area contributed by atoms with E-state index >= 15 is 0 Å². The molecule has 1 aliphatic heterocycles. The van der Waals surface area contributed by atoms with Crippen molar-refractivity contribution < 1.29 is 18.7 Å². The van der Waals surface area contributed by atoms with E-state index in [1.54, 1.807) is 0 Å². The Kier molecular flexibility index (Phi) is 7.67. The largest absolute Gasteiger partial charge is 0.407 e. The van der Waals surface area contributed by atoms with Gasteiger partial charge >= 0.3 is 0 Å². The molecule has 2 aromatic rings. The minimum Gasteiger partial charge on any atom is -0.407 e. The van der Waals surface area contributed by atoms with Crippen LogP contribution in [0.1, 0.15) is 60.3 Å². The minimum absolute atomic E-state index is 0.129. The molecule has 1 saturated heterocycles. The zero-order valence-electron chi connectivity index (χ0n) is 24.1. The molecule has 39 heavy (non-hydrogen) atoms. The Labute approximate surface area is 235 Å². The molecule has 0 amide bonds. The maximum atomic E-state index is 13.4. The first-order valence-electron chi connectivity index (χ1n) is 14.5. The smallest absolute Gasteiger partial charge is 0.261 e. The van der Waals surface area contributed by atoms with Gasteiger partial charge in [0.25, 0.3) is 8.32 Å². The summed E-state index contributed by atoms with van der Waals surface area (Å²) in [6.07, 6.45) is 2.11. The van der Waals surface area contributed by atoms with Crippen LogP contribution in [-0.4, -0.2) is 40.2 Å². The molecule has 0 N–H and O–H groups in total. The van der Waals surface area contributed by atoms with Gasteiger partial charge in [0.05, 0.1) is 24.7 Å². The van der Waals surface area contributed by atoms with Crippen molar-refractivity contribution in [3.05, 3.63) is 60.7 Å². The third kappa shape index (κ3) is 4.52. The molecule has 0 bridgehead atoms. The van der Waals surface area contributed by atoms with Crippen LogP contribution in [0, 0.1) is 39.9 Å². The first-order valence-corrected chi connectivity index (χ1v) is 16.4. The Morgan fingerprint density at radius 1 is 1.00 bits per heavy atom. The van der Waals surface area contributed by atoms with Gasteiger partial charge in [0.2, 0.25) is 0 Å². The van der Waals surface area contributed by atoms with Gasteiger partial charge in [-0.2, -0.15) is 5.26 Å². The number of ether oxygens (including phenoxy) is 2. The highest BCUT2D eigenvalue weighted by molar-refractivity contribution is 6.99. The van der Waals surface area contributed by atoms with E-state index in [1.807, 2.05) is 12.1 Å². The quantitative estimate of drug-likeness (QED) is 0.450. The molecule has 5 nitrogen and oxygen atoms in total. The molecule has 208 valence electrons. The number of nitrogens with zero attached hydrogens (tertiary/aromatic N) is 1. The van der Waals surface area contributed by atoms with E-state index in [0.717, 1.165) is 12.8 Å². The highest BCUT2D eigenvalue weighted by Gasteiger charge is 2.64. The van der Waals surface area contributed by atoms with Gasteiger partial charge in [0.15, 0.2) is 6.29 Å². The van der Waals surface area contributed by atoms with Gasteiger partial charge in [-0.25, -0.2) is 0 Å². The lowest BCUT2D eigenvalue weighted by Crippen LogP contribution is -2.67. The molecular weight excluding hydrogens is 502 g/mol. The average molecular weight is 546 g/mol. The third-order valence-corrected chi connectivity index (χ3v) is 15.3. The molecule has 0 radical (unpaired) electrons. The first kappa shape index (κ1) is 28.2. The van der Waals surface area contributed by atoms with Crippen LogP contribution < -0.4 is 10.4 Å². The molecule has 2 aliphatic carbocycles. The normalized spacial score (nSPS) is 32.0. The maximum Gasteiger partial charge on any atom is 0.261 e. The van der Waals surface area contributed by atoms with Crippen molar-refractivity contribution in [3.8, 4) is 6.07 Å². The lowest BCUT2D eigenvalue weighted by Gasteiger charge is -2.59. The lowest BCUT2D eigenvalue weighted by molar-refractivity contribution is -0.216. The van der Waals surface area contributed by atoms with Crippen molar-refractivity contribution in [1.29, 1.82) is 5.26 Å². The fourth-order valence-corrected chi connectivity index (χ4v) is 12.6. The zero-order valence-corrected chi connectivity index (χ0v) is 25.1. The number of fused-ring (bicyclic) bond motifs is 1. The predicted molar refractivity (Wildman–Crippen MR) is 155 cm³/mol. The summed E-state index contributed by atoms with van der Waals surface area (Å²) in [5.41, 5.74) is -1.06. The molecule has 2 saturated carbocycles. The van der Waals surface area contributed by atoms with Crippen LogP contribution in [0.25, 0.3) is 0 Å². The Morgan fingerprint density at radius 3 is 2.08 bits per heavy atom. The molecule has 2 aromatic carbocycles. The van der Waals surface area contributed by atoms with Crippen molar-refractivity contribution >= 4 is 24.5 Å². The summed E-state index contributed by atoms with van der Waals surface area (Å²) in [4.78, 5) is 13.4. The van der Waals surface area contributed by atoms with E-state index in [0.29, 0.717) is 32.7 Å². The number of benzene rings is 2. The summed E-state index contributed by atoms with van der Waals surface area (Å²) in [7, 11) is -2.80. The number of hydrogen-bond donors (Lipinski definition) is 0. The molecule has 0 aromatic heterocycles. The van der Waals surface area contributed by atoms with Crippen molar-refractivity contribution in [2.75, 3.05) is 19.8 Å². The van der Waals surface area contributed by atoms with Crippen LogP contribution in [0.15, 0.2) is 60.7 Å². The maximum absolute atomic E-state index is 13.4. The van der Waals surface area contributed by atoms with Crippen molar-refractivity contribution in [2.45, 2.75) is 71.6 Å².